The predicted molar refractivity (Wildman–Crippen MR) is 128 cm³/mol. The Morgan fingerprint density at radius 1 is 1.14 bits per heavy atom. The van der Waals surface area contributed by atoms with E-state index in [1.54, 1.807) is 48.1 Å². The van der Waals surface area contributed by atoms with Crippen molar-refractivity contribution >= 4 is 24.1 Å². The number of urea groups is 1. The second-order valence-corrected chi connectivity index (χ2v) is 8.62. The van der Waals surface area contributed by atoms with E-state index in [2.05, 4.69) is 25.2 Å². The summed E-state index contributed by atoms with van der Waals surface area (Å²) in [6.07, 6.45) is 6.48. The molecule has 1 fully saturated rings. The Kier molecular flexibility index (Phi) is 6.04. The number of piperazine rings is 1. The Morgan fingerprint density at radius 3 is 2.61 bits per heavy atom. The Balaban J connectivity index is 1.27. The zero-order valence-corrected chi connectivity index (χ0v) is 19.9. The van der Waals surface area contributed by atoms with Crippen LogP contribution in [-0.4, -0.2) is 79.0 Å². The molecule has 0 aliphatic carbocycles. The molecule has 186 valence electrons. The van der Waals surface area contributed by atoms with Crippen molar-refractivity contribution in [3.8, 4) is 5.82 Å². The molecule has 0 spiro atoms. The minimum Gasteiger partial charge on any atom is -0.365 e. The number of carbonyl (C=O) groups excluding carboxylic acids is 2. The van der Waals surface area contributed by atoms with Gasteiger partial charge in [-0.3, -0.25) is 9.78 Å². The highest BCUT2D eigenvalue weighted by atomic mass is 19.1. The van der Waals surface area contributed by atoms with E-state index in [9.17, 15) is 14.0 Å². The third-order valence-corrected chi connectivity index (χ3v) is 6.35. The number of rotatable bonds is 4. The van der Waals surface area contributed by atoms with Gasteiger partial charge in [-0.2, -0.15) is 15.2 Å². The second kappa shape index (κ2) is 9.32. The van der Waals surface area contributed by atoms with Crippen molar-refractivity contribution in [1.82, 2.24) is 34.6 Å². The Morgan fingerprint density at radius 2 is 1.92 bits per heavy atom. The smallest absolute Gasteiger partial charge is 0.341 e. The maximum atomic E-state index is 13.7. The van der Waals surface area contributed by atoms with Gasteiger partial charge in [-0.25, -0.2) is 23.9 Å². The van der Waals surface area contributed by atoms with E-state index in [4.69, 9.17) is 5.73 Å². The molecule has 5 rings (SSSR count). The molecule has 3 aromatic heterocycles. The molecule has 0 saturated carbocycles. The molecule has 5 heterocycles. The maximum absolute atomic E-state index is 13.7. The summed E-state index contributed by atoms with van der Waals surface area (Å²) in [4.78, 5) is 41.6. The van der Waals surface area contributed by atoms with Gasteiger partial charge >= 0.3 is 6.03 Å². The third-order valence-electron chi connectivity index (χ3n) is 6.35. The van der Waals surface area contributed by atoms with E-state index in [1.807, 2.05) is 4.90 Å². The minimum atomic E-state index is -0.537. The molecule has 0 aromatic carbocycles. The molecule has 0 bridgehead atoms. The number of nitrogens with two attached hydrogens (primary N) is 1. The molecule has 1 saturated heterocycles. The van der Waals surface area contributed by atoms with Gasteiger partial charge in [0, 0.05) is 57.3 Å². The van der Waals surface area contributed by atoms with E-state index in [0.717, 1.165) is 6.20 Å². The molecule has 3 amide bonds. The molecule has 0 radical (unpaired) electrons. The molecule has 13 heteroatoms. The van der Waals surface area contributed by atoms with E-state index in [1.165, 1.54) is 11.1 Å². The summed E-state index contributed by atoms with van der Waals surface area (Å²) in [6.45, 7) is 5.41. The van der Waals surface area contributed by atoms with Crippen LogP contribution in [0.25, 0.3) is 5.82 Å². The van der Waals surface area contributed by atoms with Crippen LogP contribution in [0.3, 0.4) is 0 Å². The first-order valence-corrected chi connectivity index (χ1v) is 11.5. The van der Waals surface area contributed by atoms with Crippen molar-refractivity contribution < 1.29 is 14.0 Å². The summed E-state index contributed by atoms with van der Waals surface area (Å²) in [7, 11) is 0. The number of carbonyl (C=O) groups is 2. The fourth-order valence-corrected chi connectivity index (χ4v) is 4.56. The summed E-state index contributed by atoms with van der Waals surface area (Å²) in [5.74, 6) is 0.0266. The lowest BCUT2D eigenvalue weighted by Gasteiger charge is -2.37. The predicted octanol–water partition coefficient (Wildman–Crippen LogP) is 1.59. The van der Waals surface area contributed by atoms with Gasteiger partial charge in [0.2, 0.25) is 5.95 Å². The Hall–Kier alpha value is -4.42. The van der Waals surface area contributed by atoms with Crippen LogP contribution in [0.1, 0.15) is 39.8 Å². The lowest BCUT2D eigenvalue weighted by molar-refractivity contribution is 0.0999. The average Bonchev–Trinajstić information content (AvgIpc) is 3.48. The largest absolute Gasteiger partial charge is 0.365 e. The fourth-order valence-electron chi connectivity index (χ4n) is 4.56. The topological polar surface area (TPSA) is 139 Å². The lowest BCUT2D eigenvalue weighted by Crippen LogP contribution is -2.52. The number of anilines is 1. The highest BCUT2D eigenvalue weighted by Crippen LogP contribution is 2.29. The summed E-state index contributed by atoms with van der Waals surface area (Å²) >= 11 is 0. The average molecular weight is 493 g/mol. The molecule has 12 nitrogen and oxygen atoms in total. The van der Waals surface area contributed by atoms with Gasteiger partial charge in [0.1, 0.15) is 5.82 Å². The van der Waals surface area contributed by atoms with E-state index in [-0.39, 0.29) is 12.1 Å². The number of amides is 3. The number of hydrogen-bond acceptors (Lipinski definition) is 8. The molecule has 0 unspecified atom stereocenters. The van der Waals surface area contributed by atoms with Crippen molar-refractivity contribution in [2.24, 2.45) is 10.8 Å². The lowest BCUT2D eigenvalue weighted by atomic mass is 10.1. The molecule has 36 heavy (non-hydrogen) atoms. The minimum absolute atomic E-state index is 0.242. The van der Waals surface area contributed by atoms with Gasteiger partial charge in [0.15, 0.2) is 5.82 Å². The number of aromatic nitrogens is 5. The van der Waals surface area contributed by atoms with Gasteiger partial charge in [-0.15, -0.1) is 0 Å². The van der Waals surface area contributed by atoms with Crippen molar-refractivity contribution in [3.63, 3.8) is 0 Å². The first kappa shape index (κ1) is 23.3. The number of halogens is 1. The van der Waals surface area contributed by atoms with Gasteiger partial charge in [-0.1, -0.05) is 0 Å². The van der Waals surface area contributed by atoms with Crippen molar-refractivity contribution in [2.45, 2.75) is 26.3 Å². The monoisotopic (exact) mass is 492 g/mol. The van der Waals surface area contributed by atoms with Crippen molar-refractivity contribution in [1.29, 1.82) is 0 Å². The van der Waals surface area contributed by atoms with Gasteiger partial charge in [0.05, 0.1) is 29.2 Å². The van der Waals surface area contributed by atoms with Crippen LogP contribution in [-0.2, 0) is 0 Å². The van der Waals surface area contributed by atoms with Gasteiger partial charge in [0.25, 0.3) is 5.91 Å². The number of hydrogen-bond donors (Lipinski definition) is 1. The Bertz CT molecular complexity index is 1350. The standard InChI is InChI=1S/C23H25FN10O2/c1-14-20(21(25)35)15(2)33(30-14)19-4-5-27-22(29-19)31-7-9-32(10-8-31)23(36)34-18(3-6-28-34)16-11-17(24)13-26-12-16/h4-6,11-13,18H,3,7-10H2,1-2H3,(H2,25,35)/t18-/m0/s1. The van der Waals surface area contributed by atoms with Crippen molar-refractivity contribution in [3.05, 3.63) is 59.1 Å². The van der Waals surface area contributed by atoms with Gasteiger partial charge < -0.3 is 15.5 Å². The van der Waals surface area contributed by atoms with E-state index < -0.39 is 11.7 Å². The highest BCUT2D eigenvalue weighted by Gasteiger charge is 2.33. The van der Waals surface area contributed by atoms with E-state index >= 15 is 0 Å². The van der Waals surface area contributed by atoms with Crippen LogP contribution >= 0.6 is 0 Å². The van der Waals surface area contributed by atoms with Crippen LogP contribution in [0.5, 0.6) is 0 Å². The van der Waals surface area contributed by atoms with Crippen LogP contribution in [0.15, 0.2) is 35.8 Å². The zero-order chi connectivity index (χ0) is 25.4. The van der Waals surface area contributed by atoms with E-state index in [0.29, 0.717) is 66.9 Å². The summed E-state index contributed by atoms with van der Waals surface area (Å²) in [6, 6.07) is 2.46. The van der Waals surface area contributed by atoms with Gasteiger partial charge in [-0.05, 0) is 25.5 Å². The zero-order valence-electron chi connectivity index (χ0n) is 19.9. The molecular weight excluding hydrogens is 467 g/mol. The van der Waals surface area contributed by atoms with Crippen LogP contribution in [0.4, 0.5) is 15.1 Å². The maximum Gasteiger partial charge on any atom is 0.341 e. The number of hydrazone groups is 1. The second-order valence-electron chi connectivity index (χ2n) is 8.62. The van der Waals surface area contributed by atoms with Crippen LogP contribution < -0.4 is 10.6 Å². The number of nitrogens with zero attached hydrogens (tertiary/aromatic N) is 9. The third kappa shape index (κ3) is 4.23. The molecule has 2 aliphatic heterocycles. The molecular formula is C23H25FN10O2. The molecule has 3 aromatic rings. The first-order valence-electron chi connectivity index (χ1n) is 11.5. The van der Waals surface area contributed by atoms with Crippen molar-refractivity contribution in [2.75, 3.05) is 31.1 Å². The molecule has 2 N–H and O–H groups in total. The van der Waals surface area contributed by atoms with Crippen LogP contribution in [0.2, 0.25) is 0 Å². The highest BCUT2D eigenvalue weighted by molar-refractivity contribution is 5.95. The summed E-state index contributed by atoms with van der Waals surface area (Å²) in [5.41, 5.74) is 7.60. The normalized spacial score (nSPS) is 17.6. The quantitative estimate of drug-likeness (QED) is 0.583. The Labute approximate surface area is 206 Å². The summed E-state index contributed by atoms with van der Waals surface area (Å²) in [5, 5.41) is 10.0. The summed E-state index contributed by atoms with van der Waals surface area (Å²) < 4.78 is 15.2. The van der Waals surface area contributed by atoms with Crippen LogP contribution in [0, 0.1) is 19.7 Å². The SMILES string of the molecule is Cc1nn(-c2ccnc(N3CCN(C(=O)N4N=CC[C@H]4c4cncc(F)c4)CC3)n2)c(C)c1C(N)=O. The molecule has 1 atom stereocenters. The molecule has 2 aliphatic rings. The number of aryl methyl sites for hydroxylation is 1. The first-order chi connectivity index (χ1) is 17.3. The fraction of sp³-hybridized carbons (Fsp3) is 0.348. The number of primary amides is 1. The number of pyridine rings is 1.